The zero-order valence-electron chi connectivity index (χ0n) is 11.2. The molecule has 2 rings (SSSR count). The Morgan fingerprint density at radius 1 is 1.42 bits per heavy atom. The molecule has 0 radical (unpaired) electrons. The minimum atomic E-state index is -0.634. The normalized spacial score (nSPS) is 24.1. The predicted octanol–water partition coefficient (Wildman–Crippen LogP) is 2.65. The van der Waals surface area contributed by atoms with Crippen molar-refractivity contribution in [3.63, 3.8) is 0 Å². The van der Waals surface area contributed by atoms with Crippen LogP contribution in [0.5, 0.6) is 0 Å². The number of amides is 1. The van der Waals surface area contributed by atoms with Gasteiger partial charge >= 0.3 is 0 Å². The highest BCUT2D eigenvalue weighted by molar-refractivity contribution is 6.30. The molecule has 1 N–H and O–H groups in total. The molecule has 0 bridgehead atoms. The van der Waals surface area contributed by atoms with Gasteiger partial charge in [0.25, 0.3) is 0 Å². The fraction of sp³-hybridized carbons (Fsp3) is 0.533. The molecule has 3 nitrogen and oxygen atoms in total. The van der Waals surface area contributed by atoms with Crippen LogP contribution in [0, 0.1) is 0 Å². The van der Waals surface area contributed by atoms with Crippen LogP contribution in [0.4, 0.5) is 0 Å². The molecule has 0 aromatic heterocycles. The molecule has 0 aliphatic carbocycles. The van der Waals surface area contributed by atoms with Gasteiger partial charge in [-0.15, -0.1) is 0 Å². The van der Waals surface area contributed by atoms with E-state index in [-0.39, 0.29) is 5.91 Å². The predicted molar refractivity (Wildman–Crippen MR) is 76.2 cm³/mol. The molecule has 1 unspecified atom stereocenters. The van der Waals surface area contributed by atoms with Gasteiger partial charge in [0.15, 0.2) is 0 Å². The van der Waals surface area contributed by atoms with E-state index in [1.165, 1.54) is 0 Å². The van der Waals surface area contributed by atoms with Crippen molar-refractivity contribution in [2.45, 2.75) is 38.2 Å². The second-order valence-corrected chi connectivity index (χ2v) is 5.97. The molecule has 1 saturated heterocycles. The van der Waals surface area contributed by atoms with Gasteiger partial charge in [-0.3, -0.25) is 4.79 Å². The van der Waals surface area contributed by atoms with E-state index in [4.69, 9.17) is 11.6 Å². The van der Waals surface area contributed by atoms with E-state index in [0.29, 0.717) is 24.4 Å². The summed E-state index contributed by atoms with van der Waals surface area (Å²) < 4.78 is 0. The zero-order valence-corrected chi connectivity index (χ0v) is 12.0. The first-order valence-electron chi connectivity index (χ1n) is 6.71. The Balaban J connectivity index is 1.96. The molecule has 1 atom stereocenters. The fourth-order valence-corrected chi connectivity index (χ4v) is 2.66. The highest BCUT2D eigenvalue weighted by Crippen LogP contribution is 2.22. The summed E-state index contributed by atoms with van der Waals surface area (Å²) in [5.74, 6) is 0.111. The van der Waals surface area contributed by atoms with Crippen molar-refractivity contribution in [1.82, 2.24) is 4.90 Å². The van der Waals surface area contributed by atoms with Gasteiger partial charge in [0.2, 0.25) is 5.91 Å². The minimum Gasteiger partial charge on any atom is -0.390 e. The highest BCUT2D eigenvalue weighted by Gasteiger charge is 2.26. The summed E-state index contributed by atoms with van der Waals surface area (Å²) in [6.07, 6.45) is 2.64. The second kappa shape index (κ2) is 5.93. The maximum Gasteiger partial charge on any atom is 0.226 e. The minimum absolute atomic E-state index is 0.111. The molecule has 0 spiro atoms. The van der Waals surface area contributed by atoms with Crippen molar-refractivity contribution in [3.8, 4) is 0 Å². The number of nitrogens with zero attached hydrogens (tertiary/aromatic N) is 1. The van der Waals surface area contributed by atoms with Crippen molar-refractivity contribution in [1.29, 1.82) is 0 Å². The highest BCUT2D eigenvalue weighted by atomic mass is 35.5. The van der Waals surface area contributed by atoms with E-state index in [1.807, 2.05) is 30.0 Å². The molecule has 1 aromatic rings. The van der Waals surface area contributed by atoms with Crippen LogP contribution in [0.1, 0.15) is 31.7 Å². The third-order valence-corrected chi connectivity index (χ3v) is 3.90. The lowest BCUT2D eigenvalue weighted by Crippen LogP contribution is -2.34. The lowest BCUT2D eigenvalue weighted by atomic mass is 9.98. The fourth-order valence-electron chi connectivity index (χ4n) is 2.45. The van der Waals surface area contributed by atoms with Gasteiger partial charge in [0.1, 0.15) is 0 Å². The molecule has 1 aromatic carbocycles. The van der Waals surface area contributed by atoms with Crippen molar-refractivity contribution in [3.05, 3.63) is 34.9 Å². The molecule has 4 heteroatoms. The third kappa shape index (κ3) is 4.22. The van der Waals surface area contributed by atoms with Crippen LogP contribution in [-0.2, 0) is 11.2 Å². The van der Waals surface area contributed by atoms with Gasteiger partial charge < -0.3 is 10.0 Å². The number of benzene rings is 1. The van der Waals surface area contributed by atoms with E-state index in [2.05, 4.69) is 0 Å². The third-order valence-electron chi connectivity index (χ3n) is 3.66. The monoisotopic (exact) mass is 281 g/mol. The summed E-state index contributed by atoms with van der Waals surface area (Å²) in [5, 5.41) is 10.7. The Morgan fingerprint density at radius 2 is 2.21 bits per heavy atom. The Bertz CT molecular complexity index is 459. The second-order valence-electron chi connectivity index (χ2n) is 5.54. The summed E-state index contributed by atoms with van der Waals surface area (Å²) in [4.78, 5) is 14.1. The standard InChI is InChI=1S/C15H20ClNO2/c1-15(19)6-3-8-17(9-7-15)14(18)11-12-4-2-5-13(16)10-12/h2,4-5,10,19H,3,6-9,11H2,1H3. The van der Waals surface area contributed by atoms with Gasteiger partial charge in [-0.1, -0.05) is 23.7 Å². The molecule has 1 amide bonds. The number of halogens is 1. The molecule has 1 aliphatic heterocycles. The average molecular weight is 282 g/mol. The van der Waals surface area contributed by atoms with Gasteiger partial charge in [0, 0.05) is 18.1 Å². The Hall–Kier alpha value is -1.06. The molecule has 104 valence electrons. The number of carbonyl (C=O) groups is 1. The number of aliphatic hydroxyl groups is 1. The first kappa shape index (κ1) is 14.4. The van der Waals surface area contributed by atoms with Crippen LogP contribution in [0.25, 0.3) is 0 Å². The van der Waals surface area contributed by atoms with Crippen LogP contribution in [0.2, 0.25) is 5.02 Å². The topological polar surface area (TPSA) is 40.5 Å². The number of hydrogen-bond acceptors (Lipinski definition) is 2. The molecule has 1 aliphatic rings. The Kier molecular flexibility index (Phi) is 4.48. The van der Waals surface area contributed by atoms with E-state index >= 15 is 0 Å². The first-order valence-corrected chi connectivity index (χ1v) is 7.09. The number of rotatable bonds is 2. The van der Waals surface area contributed by atoms with E-state index < -0.39 is 5.60 Å². The average Bonchev–Trinajstić information content (AvgIpc) is 2.50. The largest absolute Gasteiger partial charge is 0.390 e. The van der Waals surface area contributed by atoms with Crippen molar-refractivity contribution in [2.75, 3.05) is 13.1 Å². The van der Waals surface area contributed by atoms with Gasteiger partial charge in [-0.2, -0.15) is 0 Å². The molecular weight excluding hydrogens is 262 g/mol. The maximum absolute atomic E-state index is 12.2. The van der Waals surface area contributed by atoms with Crippen LogP contribution < -0.4 is 0 Å². The van der Waals surface area contributed by atoms with Crippen LogP contribution >= 0.6 is 11.6 Å². The number of carbonyl (C=O) groups excluding carboxylic acids is 1. The quantitative estimate of drug-likeness (QED) is 0.905. The molecular formula is C15H20ClNO2. The molecule has 19 heavy (non-hydrogen) atoms. The van der Waals surface area contributed by atoms with Crippen LogP contribution in [0.15, 0.2) is 24.3 Å². The SMILES string of the molecule is CC1(O)CCCN(C(=O)Cc2cccc(Cl)c2)CC1. The van der Waals surface area contributed by atoms with Crippen molar-refractivity contribution < 1.29 is 9.90 Å². The Labute approximate surface area is 119 Å². The summed E-state index contributed by atoms with van der Waals surface area (Å²) in [6, 6.07) is 7.40. The van der Waals surface area contributed by atoms with Gasteiger partial charge in [0.05, 0.1) is 12.0 Å². The van der Waals surface area contributed by atoms with Crippen molar-refractivity contribution in [2.24, 2.45) is 0 Å². The smallest absolute Gasteiger partial charge is 0.226 e. The van der Waals surface area contributed by atoms with Gasteiger partial charge in [-0.25, -0.2) is 0 Å². The summed E-state index contributed by atoms with van der Waals surface area (Å²) in [7, 11) is 0. The van der Waals surface area contributed by atoms with Gasteiger partial charge in [-0.05, 0) is 43.9 Å². The lowest BCUT2D eigenvalue weighted by molar-refractivity contribution is -0.130. The van der Waals surface area contributed by atoms with E-state index in [9.17, 15) is 9.90 Å². The van der Waals surface area contributed by atoms with Crippen molar-refractivity contribution >= 4 is 17.5 Å². The Morgan fingerprint density at radius 3 is 2.95 bits per heavy atom. The van der Waals surface area contributed by atoms with E-state index in [1.54, 1.807) is 6.07 Å². The number of likely N-dealkylation sites (tertiary alicyclic amines) is 1. The molecule has 1 heterocycles. The lowest BCUT2D eigenvalue weighted by Gasteiger charge is -2.22. The van der Waals surface area contributed by atoms with Crippen LogP contribution in [0.3, 0.4) is 0 Å². The maximum atomic E-state index is 12.2. The van der Waals surface area contributed by atoms with E-state index in [0.717, 1.165) is 24.9 Å². The summed E-state index contributed by atoms with van der Waals surface area (Å²) in [6.45, 7) is 3.21. The van der Waals surface area contributed by atoms with Crippen LogP contribution in [-0.4, -0.2) is 34.6 Å². The zero-order chi connectivity index (χ0) is 13.9. The first-order chi connectivity index (χ1) is 8.96. The molecule has 1 fully saturated rings. The molecule has 0 saturated carbocycles. The summed E-state index contributed by atoms with van der Waals surface area (Å²) >= 11 is 5.92. The summed E-state index contributed by atoms with van der Waals surface area (Å²) in [5.41, 5.74) is 0.305. The number of hydrogen-bond donors (Lipinski definition) is 1.